The van der Waals surface area contributed by atoms with Crippen LogP contribution in [0.25, 0.3) is 0 Å². The second-order valence-corrected chi connectivity index (χ2v) is 6.97. The molecule has 5 nitrogen and oxygen atoms in total. The Labute approximate surface area is 145 Å². The molecule has 0 radical (unpaired) electrons. The van der Waals surface area contributed by atoms with Gasteiger partial charge < -0.3 is 5.32 Å². The molecule has 2 rings (SSSR count). The van der Waals surface area contributed by atoms with Gasteiger partial charge in [-0.1, -0.05) is 53.4 Å². The molecule has 0 bridgehead atoms. The predicted molar refractivity (Wildman–Crippen MR) is 94.0 cm³/mol. The number of benzene rings is 1. The first kappa shape index (κ1) is 17.9. The molecule has 1 aromatic rings. The van der Waals surface area contributed by atoms with Crippen molar-refractivity contribution in [3.8, 4) is 0 Å². The van der Waals surface area contributed by atoms with Crippen LogP contribution in [0.3, 0.4) is 0 Å². The van der Waals surface area contributed by atoms with E-state index in [4.69, 9.17) is 0 Å². The van der Waals surface area contributed by atoms with Gasteiger partial charge in [-0.15, -0.1) is 0 Å². The molecular weight excluding hydrogens is 358 g/mol. The molecule has 0 spiro atoms. The minimum atomic E-state index is -0.379. The highest BCUT2D eigenvalue weighted by Crippen LogP contribution is 2.18. The number of urea groups is 1. The summed E-state index contributed by atoms with van der Waals surface area (Å²) in [5, 5.41) is 5.30. The van der Waals surface area contributed by atoms with Crippen LogP contribution in [0.5, 0.6) is 0 Å². The largest absolute Gasteiger partial charge is 0.335 e. The summed E-state index contributed by atoms with van der Waals surface area (Å²) >= 11 is 3.50. The fraction of sp³-hybridized carbons (Fsp3) is 0.529. The SMILES string of the molecule is CN(CC(=O)NC(=O)NC1CCCCC1)Cc1ccccc1Br. The highest BCUT2D eigenvalue weighted by Gasteiger charge is 2.17. The lowest BCUT2D eigenvalue weighted by molar-refractivity contribution is -0.121. The summed E-state index contributed by atoms with van der Waals surface area (Å²) in [6, 6.07) is 7.72. The summed E-state index contributed by atoms with van der Waals surface area (Å²) < 4.78 is 1.02. The molecule has 3 amide bonds. The third kappa shape index (κ3) is 6.31. The van der Waals surface area contributed by atoms with Gasteiger partial charge in [0, 0.05) is 17.1 Å². The second kappa shape index (κ2) is 9.03. The zero-order chi connectivity index (χ0) is 16.7. The van der Waals surface area contributed by atoms with E-state index in [1.807, 2.05) is 36.2 Å². The predicted octanol–water partition coefficient (Wildman–Crippen LogP) is 3.04. The van der Waals surface area contributed by atoms with Crippen molar-refractivity contribution in [1.82, 2.24) is 15.5 Å². The van der Waals surface area contributed by atoms with Crippen LogP contribution in [0, 0.1) is 0 Å². The van der Waals surface area contributed by atoms with Gasteiger partial charge in [-0.05, 0) is 31.5 Å². The molecule has 1 fully saturated rings. The van der Waals surface area contributed by atoms with Crippen molar-refractivity contribution in [1.29, 1.82) is 0 Å². The number of nitrogens with one attached hydrogen (secondary N) is 2. The third-order valence-electron chi connectivity index (χ3n) is 4.00. The zero-order valence-electron chi connectivity index (χ0n) is 13.5. The highest BCUT2D eigenvalue weighted by atomic mass is 79.9. The van der Waals surface area contributed by atoms with Crippen LogP contribution in [-0.4, -0.2) is 36.5 Å². The first-order chi connectivity index (χ1) is 11.0. The van der Waals surface area contributed by atoms with Gasteiger partial charge in [0.25, 0.3) is 0 Å². The summed E-state index contributed by atoms with van der Waals surface area (Å²) in [5.41, 5.74) is 1.11. The van der Waals surface area contributed by atoms with E-state index in [2.05, 4.69) is 26.6 Å². The molecule has 0 aliphatic heterocycles. The number of hydrogen-bond acceptors (Lipinski definition) is 3. The van der Waals surface area contributed by atoms with Crippen molar-refractivity contribution in [3.63, 3.8) is 0 Å². The van der Waals surface area contributed by atoms with E-state index < -0.39 is 0 Å². The van der Waals surface area contributed by atoms with Gasteiger partial charge in [0.15, 0.2) is 0 Å². The molecule has 126 valence electrons. The number of halogens is 1. The van der Waals surface area contributed by atoms with E-state index >= 15 is 0 Å². The zero-order valence-corrected chi connectivity index (χ0v) is 15.1. The van der Waals surface area contributed by atoms with Crippen LogP contribution in [0.2, 0.25) is 0 Å². The number of carbonyl (C=O) groups excluding carboxylic acids is 2. The monoisotopic (exact) mass is 381 g/mol. The maximum Gasteiger partial charge on any atom is 0.321 e. The van der Waals surface area contributed by atoms with Crippen molar-refractivity contribution >= 4 is 27.9 Å². The van der Waals surface area contributed by atoms with E-state index in [-0.39, 0.29) is 24.5 Å². The topological polar surface area (TPSA) is 61.4 Å². The lowest BCUT2D eigenvalue weighted by atomic mass is 9.96. The summed E-state index contributed by atoms with van der Waals surface area (Å²) in [7, 11) is 1.86. The lowest BCUT2D eigenvalue weighted by Gasteiger charge is -2.23. The molecule has 1 aromatic carbocycles. The van der Waals surface area contributed by atoms with Crippen LogP contribution in [0.15, 0.2) is 28.7 Å². The van der Waals surface area contributed by atoms with Crippen molar-refractivity contribution in [2.45, 2.75) is 44.7 Å². The molecule has 0 unspecified atom stereocenters. The van der Waals surface area contributed by atoms with Crippen molar-refractivity contribution in [2.24, 2.45) is 0 Å². The highest BCUT2D eigenvalue weighted by molar-refractivity contribution is 9.10. The number of amides is 3. The molecule has 1 saturated carbocycles. The summed E-state index contributed by atoms with van der Waals surface area (Å²) in [5.74, 6) is -0.284. The molecule has 6 heteroatoms. The number of rotatable bonds is 5. The Morgan fingerprint density at radius 2 is 1.91 bits per heavy atom. The fourth-order valence-corrected chi connectivity index (χ4v) is 3.26. The molecule has 0 aromatic heterocycles. The van der Waals surface area contributed by atoms with Crippen molar-refractivity contribution < 1.29 is 9.59 Å². The van der Waals surface area contributed by atoms with Gasteiger partial charge in [-0.2, -0.15) is 0 Å². The van der Waals surface area contributed by atoms with E-state index in [1.54, 1.807) is 0 Å². The van der Waals surface area contributed by atoms with E-state index in [0.29, 0.717) is 6.54 Å². The average molecular weight is 382 g/mol. The van der Waals surface area contributed by atoms with E-state index in [1.165, 1.54) is 6.42 Å². The third-order valence-corrected chi connectivity index (χ3v) is 4.78. The van der Waals surface area contributed by atoms with Crippen LogP contribution in [0.1, 0.15) is 37.7 Å². The van der Waals surface area contributed by atoms with Gasteiger partial charge >= 0.3 is 6.03 Å². The van der Waals surface area contributed by atoms with Gasteiger partial charge in [0.05, 0.1) is 6.54 Å². The normalized spacial score (nSPS) is 15.4. The van der Waals surface area contributed by atoms with Gasteiger partial charge in [0.2, 0.25) is 5.91 Å². The Morgan fingerprint density at radius 1 is 1.22 bits per heavy atom. The smallest absolute Gasteiger partial charge is 0.321 e. The van der Waals surface area contributed by atoms with Gasteiger partial charge in [-0.25, -0.2) is 4.79 Å². The first-order valence-corrected chi connectivity index (χ1v) is 8.86. The standard InChI is InChI=1S/C17H24BrN3O2/c1-21(11-13-7-5-6-10-15(13)18)12-16(22)20-17(23)19-14-8-3-2-4-9-14/h5-7,10,14H,2-4,8-9,11-12H2,1H3,(H2,19,20,22,23). The Morgan fingerprint density at radius 3 is 2.61 bits per heavy atom. The average Bonchev–Trinajstić information content (AvgIpc) is 2.50. The fourth-order valence-electron chi connectivity index (χ4n) is 2.85. The quantitative estimate of drug-likeness (QED) is 0.823. The molecule has 1 aliphatic carbocycles. The molecule has 1 aliphatic rings. The number of nitrogens with zero attached hydrogens (tertiary/aromatic N) is 1. The van der Waals surface area contributed by atoms with Crippen LogP contribution >= 0.6 is 15.9 Å². The van der Waals surface area contributed by atoms with E-state index in [9.17, 15) is 9.59 Å². The number of likely N-dealkylation sites (N-methyl/N-ethyl adjacent to an activating group) is 1. The van der Waals surface area contributed by atoms with Gasteiger partial charge in [0.1, 0.15) is 0 Å². The van der Waals surface area contributed by atoms with E-state index in [0.717, 1.165) is 35.7 Å². The van der Waals surface area contributed by atoms with Gasteiger partial charge in [-0.3, -0.25) is 15.0 Å². The Bertz CT molecular complexity index is 544. The summed E-state index contributed by atoms with van der Waals surface area (Å²) in [4.78, 5) is 25.7. The first-order valence-electron chi connectivity index (χ1n) is 8.07. The lowest BCUT2D eigenvalue weighted by Crippen LogP contribution is -2.47. The van der Waals surface area contributed by atoms with Crippen molar-refractivity contribution in [3.05, 3.63) is 34.3 Å². The van der Waals surface area contributed by atoms with Crippen LogP contribution in [-0.2, 0) is 11.3 Å². The second-order valence-electron chi connectivity index (χ2n) is 6.12. The maximum absolute atomic E-state index is 12.0. The molecule has 0 atom stereocenters. The summed E-state index contributed by atoms with van der Waals surface area (Å²) in [6.07, 6.45) is 5.53. The summed E-state index contributed by atoms with van der Waals surface area (Å²) in [6.45, 7) is 0.818. The Balaban J connectivity index is 1.73. The minimum Gasteiger partial charge on any atom is -0.335 e. The number of imide groups is 1. The van der Waals surface area contributed by atoms with Crippen LogP contribution in [0.4, 0.5) is 4.79 Å². The molecular formula is C17H24BrN3O2. The van der Waals surface area contributed by atoms with Crippen molar-refractivity contribution in [2.75, 3.05) is 13.6 Å². The maximum atomic E-state index is 12.0. The Hall–Kier alpha value is -1.40. The molecule has 0 saturated heterocycles. The Kier molecular flexibility index (Phi) is 7.05. The number of carbonyl (C=O) groups is 2. The molecule has 2 N–H and O–H groups in total. The number of hydrogen-bond donors (Lipinski definition) is 2. The minimum absolute atomic E-state index is 0.180. The van der Waals surface area contributed by atoms with Crippen LogP contribution < -0.4 is 10.6 Å². The molecule has 23 heavy (non-hydrogen) atoms. The molecule has 0 heterocycles.